The Bertz CT molecular complexity index is 950. The van der Waals surface area contributed by atoms with E-state index in [2.05, 4.69) is 29.4 Å². The summed E-state index contributed by atoms with van der Waals surface area (Å²) in [6.07, 6.45) is 5.62. The zero-order valence-electron chi connectivity index (χ0n) is 14.3. The Morgan fingerprint density at radius 1 is 1.27 bits per heavy atom. The molecule has 0 radical (unpaired) electrons. The molecule has 2 N–H and O–H groups in total. The van der Waals surface area contributed by atoms with Crippen LogP contribution < -0.4 is 5.73 Å². The summed E-state index contributed by atoms with van der Waals surface area (Å²) in [5.74, 6) is 0.771. The first-order valence-electron chi connectivity index (χ1n) is 8.51. The highest BCUT2D eigenvalue weighted by Gasteiger charge is 2.39. The number of nitrogen functional groups attached to an aromatic ring is 1. The van der Waals surface area contributed by atoms with Gasteiger partial charge in [0.05, 0.1) is 29.4 Å². The summed E-state index contributed by atoms with van der Waals surface area (Å²) < 4.78 is 4.79. The fourth-order valence-electron chi connectivity index (χ4n) is 3.49. The fraction of sp³-hybridized carbons (Fsp3) is 0.263. The van der Waals surface area contributed by atoms with Gasteiger partial charge in [0, 0.05) is 0 Å². The van der Waals surface area contributed by atoms with E-state index >= 15 is 0 Å². The molecule has 1 aliphatic carbocycles. The third kappa shape index (κ3) is 2.56. The lowest BCUT2D eigenvalue weighted by Gasteiger charge is -2.30. The molecule has 2 atom stereocenters. The summed E-state index contributed by atoms with van der Waals surface area (Å²) >= 11 is 0. The van der Waals surface area contributed by atoms with Gasteiger partial charge in [-0.25, -0.2) is 4.63 Å². The first kappa shape index (κ1) is 16.1. The second-order valence-corrected chi connectivity index (χ2v) is 6.33. The van der Waals surface area contributed by atoms with Gasteiger partial charge in [0.25, 0.3) is 0 Å². The number of rotatable bonds is 3. The number of amidine groups is 1. The smallest absolute Gasteiger partial charge is 0.199 e. The van der Waals surface area contributed by atoms with Crippen molar-refractivity contribution in [1.29, 1.82) is 5.26 Å². The molecule has 7 nitrogen and oxygen atoms in total. The average molecular weight is 346 g/mol. The molecule has 2 aromatic rings. The van der Waals surface area contributed by atoms with Crippen LogP contribution >= 0.6 is 0 Å². The quantitative estimate of drug-likeness (QED) is 0.916. The van der Waals surface area contributed by atoms with E-state index in [0.29, 0.717) is 18.0 Å². The van der Waals surface area contributed by atoms with Crippen LogP contribution in [0.1, 0.15) is 37.1 Å². The fourth-order valence-corrected chi connectivity index (χ4v) is 3.49. The highest BCUT2D eigenvalue weighted by Crippen LogP contribution is 2.38. The molecule has 26 heavy (non-hydrogen) atoms. The van der Waals surface area contributed by atoms with Gasteiger partial charge < -0.3 is 10.6 Å². The second kappa shape index (κ2) is 6.48. The van der Waals surface area contributed by atoms with Crippen molar-refractivity contribution in [2.45, 2.75) is 31.8 Å². The van der Waals surface area contributed by atoms with E-state index in [1.54, 1.807) is 0 Å². The maximum atomic E-state index is 9.58. The number of anilines is 1. The molecule has 0 amide bonds. The van der Waals surface area contributed by atoms with E-state index in [-0.39, 0.29) is 17.9 Å². The van der Waals surface area contributed by atoms with Crippen LogP contribution in [0, 0.1) is 11.3 Å². The minimum Gasteiger partial charge on any atom is -0.379 e. The van der Waals surface area contributed by atoms with Crippen LogP contribution in [0.25, 0.3) is 0 Å². The summed E-state index contributed by atoms with van der Waals surface area (Å²) in [6.45, 7) is 2.09. The lowest BCUT2D eigenvalue weighted by atomic mass is 9.98. The molecule has 0 spiro atoms. The number of nitrogens with zero attached hydrogens (tertiary/aromatic N) is 5. The highest BCUT2D eigenvalue weighted by molar-refractivity contribution is 6.03. The Kier molecular flexibility index (Phi) is 4.01. The molecule has 2 aliphatic rings. The molecule has 4 rings (SSSR count). The Morgan fingerprint density at radius 2 is 2.08 bits per heavy atom. The maximum Gasteiger partial charge on any atom is 0.199 e. The standard InChI is InChI=1S/C19H18N6O/c1-12-16(13-7-3-2-4-8-13)22-19(17-18(21)24-26-23-17)25(12)15-10-6-5-9-14(15)11-20/h2-4,6-8,10,12,16H,5,9H2,1H3,(H2,21,24). The molecule has 130 valence electrons. The molecule has 0 bridgehead atoms. The van der Waals surface area contributed by atoms with Crippen molar-refractivity contribution in [1.82, 2.24) is 15.2 Å². The van der Waals surface area contributed by atoms with Gasteiger partial charge in [-0.15, -0.1) is 0 Å². The zero-order valence-corrected chi connectivity index (χ0v) is 14.3. The number of benzene rings is 1. The van der Waals surface area contributed by atoms with Crippen LogP contribution in [-0.4, -0.2) is 27.1 Å². The van der Waals surface area contributed by atoms with Crippen molar-refractivity contribution in [3.63, 3.8) is 0 Å². The largest absolute Gasteiger partial charge is 0.379 e. The summed E-state index contributed by atoms with van der Waals surface area (Å²) in [5, 5.41) is 17.2. The van der Waals surface area contributed by atoms with Gasteiger partial charge in [-0.05, 0) is 41.7 Å². The Balaban J connectivity index is 1.86. The first-order valence-corrected chi connectivity index (χ1v) is 8.51. The second-order valence-electron chi connectivity index (χ2n) is 6.33. The zero-order chi connectivity index (χ0) is 18.1. The van der Waals surface area contributed by atoms with Crippen molar-refractivity contribution in [3.05, 3.63) is 65.0 Å². The van der Waals surface area contributed by atoms with Gasteiger partial charge in [0.15, 0.2) is 17.3 Å². The van der Waals surface area contributed by atoms with Gasteiger partial charge in [-0.2, -0.15) is 5.26 Å². The number of aromatic nitrogens is 2. The number of nitriles is 1. The van der Waals surface area contributed by atoms with Crippen LogP contribution in [0.5, 0.6) is 0 Å². The van der Waals surface area contributed by atoms with E-state index < -0.39 is 0 Å². The van der Waals surface area contributed by atoms with E-state index in [1.165, 1.54) is 0 Å². The van der Waals surface area contributed by atoms with Crippen LogP contribution in [0.4, 0.5) is 5.82 Å². The van der Waals surface area contributed by atoms with Crippen LogP contribution in [-0.2, 0) is 0 Å². The Morgan fingerprint density at radius 3 is 2.77 bits per heavy atom. The molecule has 0 fully saturated rings. The van der Waals surface area contributed by atoms with Crippen molar-refractivity contribution in [2.75, 3.05) is 5.73 Å². The molecule has 1 aromatic heterocycles. The Labute approximate surface area is 151 Å². The van der Waals surface area contributed by atoms with Crippen molar-refractivity contribution >= 4 is 11.7 Å². The van der Waals surface area contributed by atoms with Gasteiger partial charge in [0.2, 0.25) is 0 Å². The molecule has 2 unspecified atom stereocenters. The Hall–Kier alpha value is -3.40. The first-order chi connectivity index (χ1) is 12.7. The molecule has 2 heterocycles. The summed E-state index contributed by atoms with van der Waals surface area (Å²) in [5.41, 5.74) is 9.00. The molecule has 7 heteroatoms. The third-order valence-corrected chi connectivity index (χ3v) is 4.76. The number of hydrogen-bond acceptors (Lipinski definition) is 7. The predicted molar refractivity (Wildman–Crippen MR) is 96.7 cm³/mol. The van der Waals surface area contributed by atoms with Gasteiger partial charge in [-0.3, -0.25) is 4.99 Å². The summed E-state index contributed by atoms with van der Waals surface area (Å²) in [7, 11) is 0. The lowest BCUT2D eigenvalue weighted by molar-refractivity contribution is 0.307. The number of allylic oxidation sites excluding steroid dienone is 3. The molecule has 1 aromatic carbocycles. The van der Waals surface area contributed by atoms with Crippen LogP contribution in [0.3, 0.4) is 0 Å². The number of hydrogen-bond donors (Lipinski definition) is 1. The van der Waals surface area contributed by atoms with E-state index in [9.17, 15) is 5.26 Å². The average Bonchev–Trinajstić information content (AvgIpc) is 3.25. The minimum atomic E-state index is -0.106. The SMILES string of the molecule is CC1C(c2ccccc2)N=C(c2nonc2N)N1C1=C(C#N)CCC=C1. The normalized spacial score (nSPS) is 22.5. The molecule has 0 saturated carbocycles. The predicted octanol–water partition coefficient (Wildman–Crippen LogP) is 2.97. The van der Waals surface area contributed by atoms with Gasteiger partial charge in [0.1, 0.15) is 0 Å². The van der Waals surface area contributed by atoms with Crippen LogP contribution in [0.2, 0.25) is 0 Å². The maximum absolute atomic E-state index is 9.58. The van der Waals surface area contributed by atoms with Crippen LogP contribution in [0.15, 0.2) is 63.4 Å². The summed E-state index contributed by atoms with van der Waals surface area (Å²) in [6, 6.07) is 12.3. The molecule has 0 saturated heterocycles. The van der Waals surface area contributed by atoms with Crippen molar-refractivity contribution in [3.8, 4) is 6.07 Å². The topological polar surface area (TPSA) is 104 Å². The van der Waals surface area contributed by atoms with Gasteiger partial charge >= 0.3 is 0 Å². The minimum absolute atomic E-state index is 0.00963. The van der Waals surface area contributed by atoms with E-state index in [4.69, 9.17) is 15.4 Å². The number of nitrogens with two attached hydrogens (primary N) is 1. The molecule has 1 aliphatic heterocycles. The third-order valence-electron chi connectivity index (χ3n) is 4.76. The lowest BCUT2D eigenvalue weighted by Crippen LogP contribution is -2.36. The highest BCUT2D eigenvalue weighted by atomic mass is 16.6. The number of aliphatic imine (C=N–C) groups is 1. The molecular formula is C19H18N6O. The van der Waals surface area contributed by atoms with Crippen molar-refractivity contribution < 1.29 is 4.63 Å². The van der Waals surface area contributed by atoms with E-state index in [1.807, 2.05) is 41.3 Å². The van der Waals surface area contributed by atoms with Crippen molar-refractivity contribution in [2.24, 2.45) is 4.99 Å². The summed E-state index contributed by atoms with van der Waals surface area (Å²) in [4.78, 5) is 6.92. The van der Waals surface area contributed by atoms with E-state index in [0.717, 1.165) is 23.3 Å². The van der Waals surface area contributed by atoms with Gasteiger partial charge in [-0.1, -0.05) is 36.4 Å². The molecular weight excluding hydrogens is 328 g/mol. The monoisotopic (exact) mass is 346 g/mol.